The minimum atomic E-state index is -0.105. The summed E-state index contributed by atoms with van der Waals surface area (Å²) in [6.07, 6.45) is 0.683. The predicted molar refractivity (Wildman–Crippen MR) is 106 cm³/mol. The van der Waals surface area contributed by atoms with Crippen LogP contribution in [0.4, 0.5) is 11.4 Å². The topological polar surface area (TPSA) is 80.0 Å². The van der Waals surface area contributed by atoms with Gasteiger partial charge in [-0.1, -0.05) is 17.7 Å². The minimum absolute atomic E-state index is 0.105. The third-order valence-electron chi connectivity index (χ3n) is 3.91. The highest BCUT2D eigenvalue weighted by atomic mass is 35.5. The molecule has 0 atom stereocenters. The van der Waals surface area contributed by atoms with Gasteiger partial charge < -0.3 is 16.4 Å². The summed E-state index contributed by atoms with van der Waals surface area (Å²) >= 11 is 7.42. The fraction of sp³-hybridized carbons (Fsp3) is 0.222. The van der Waals surface area contributed by atoms with Gasteiger partial charge in [0, 0.05) is 24.7 Å². The van der Waals surface area contributed by atoms with E-state index in [1.54, 1.807) is 6.07 Å². The van der Waals surface area contributed by atoms with Gasteiger partial charge in [0.2, 0.25) is 0 Å². The molecule has 7 heteroatoms. The molecule has 5 nitrogen and oxygen atoms in total. The molecular weight excluding hydrogens is 356 g/mol. The Hall–Kier alpha value is -2.31. The molecule has 25 heavy (non-hydrogen) atoms. The van der Waals surface area contributed by atoms with Gasteiger partial charge in [-0.15, -0.1) is 11.3 Å². The number of anilines is 2. The first kappa shape index (κ1) is 17.5. The lowest BCUT2D eigenvalue weighted by molar-refractivity contribution is 0.0959. The first-order valence-electron chi connectivity index (χ1n) is 7.89. The molecule has 0 aliphatic heterocycles. The summed E-state index contributed by atoms with van der Waals surface area (Å²) in [6.45, 7) is 2.46. The number of nitrogens with zero attached hydrogens (tertiary/aromatic N) is 1. The number of halogens is 1. The summed E-state index contributed by atoms with van der Waals surface area (Å²) < 4.78 is 0. The molecule has 0 saturated carbocycles. The van der Waals surface area contributed by atoms with E-state index in [-0.39, 0.29) is 5.91 Å². The molecule has 0 spiro atoms. The van der Waals surface area contributed by atoms with E-state index in [1.165, 1.54) is 11.3 Å². The number of carbonyl (C=O) groups is 1. The van der Waals surface area contributed by atoms with E-state index in [2.05, 4.69) is 15.6 Å². The molecule has 3 rings (SSSR count). The second-order valence-corrected chi connectivity index (χ2v) is 7.13. The van der Waals surface area contributed by atoms with Crippen LogP contribution >= 0.6 is 22.9 Å². The van der Waals surface area contributed by atoms with Crippen molar-refractivity contribution in [1.29, 1.82) is 0 Å². The van der Waals surface area contributed by atoms with Crippen LogP contribution in [-0.2, 0) is 6.42 Å². The summed E-state index contributed by atoms with van der Waals surface area (Å²) in [6, 6.07) is 9.46. The molecule has 2 heterocycles. The zero-order valence-corrected chi connectivity index (χ0v) is 15.6. The van der Waals surface area contributed by atoms with E-state index in [4.69, 9.17) is 17.3 Å². The molecule has 130 valence electrons. The van der Waals surface area contributed by atoms with Crippen molar-refractivity contribution >= 4 is 50.4 Å². The van der Waals surface area contributed by atoms with Crippen LogP contribution in [0, 0.1) is 6.92 Å². The molecule has 0 radical (unpaired) electrons. The highest BCUT2D eigenvalue weighted by Gasteiger charge is 2.18. The van der Waals surface area contributed by atoms with Crippen molar-refractivity contribution in [2.24, 2.45) is 0 Å². The Morgan fingerprint density at radius 3 is 2.84 bits per heavy atom. The Labute approximate surface area is 155 Å². The highest BCUT2D eigenvalue weighted by molar-refractivity contribution is 7.21. The maximum absolute atomic E-state index is 12.6. The van der Waals surface area contributed by atoms with E-state index in [9.17, 15) is 4.79 Å². The molecule has 1 amide bonds. The standard InChI is InChI=1S/C18H19ClN4OS/c1-10-3-5-12-15(21-2)16(25-18(12)23-10)17(24)22-8-7-11-4-6-14(20)13(19)9-11/h3-6,9,21H,7-8,20H2,1-2H3,(H,22,24). The first-order valence-corrected chi connectivity index (χ1v) is 9.09. The third kappa shape index (κ3) is 3.70. The molecule has 4 N–H and O–H groups in total. The van der Waals surface area contributed by atoms with E-state index in [1.807, 2.05) is 38.2 Å². The van der Waals surface area contributed by atoms with E-state index >= 15 is 0 Å². The number of aromatic nitrogens is 1. The average molecular weight is 375 g/mol. The zero-order valence-electron chi connectivity index (χ0n) is 14.0. The summed E-state index contributed by atoms with van der Waals surface area (Å²) in [7, 11) is 1.81. The number of rotatable bonds is 5. The molecule has 3 aromatic rings. The minimum Gasteiger partial charge on any atom is -0.398 e. The van der Waals surface area contributed by atoms with Gasteiger partial charge in [-0.25, -0.2) is 4.98 Å². The van der Waals surface area contributed by atoms with Crippen molar-refractivity contribution in [3.8, 4) is 0 Å². The number of amides is 1. The quantitative estimate of drug-likeness (QED) is 0.592. The lowest BCUT2D eigenvalue weighted by atomic mass is 10.1. The van der Waals surface area contributed by atoms with Crippen LogP contribution in [0.2, 0.25) is 5.02 Å². The smallest absolute Gasteiger partial charge is 0.263 e. The van der Waals surface area contributed by atoms with Gasteiger partial charge in [-0.05, 0) is 43.2 Å². The third-order valence-corrected chi connectivity index (χ3v) is 5.34. The van der Waals surface area contributed by atoms with Crippen LogP contribution < -0.4 is 16.4 Å². The largest absolute Gasteiger partial charge is 0.398 e. The molecule has 2 aromatic heterocycles. The fourth-order valence-corrected chi connectivity index (χ4v) is 3.95. The summed E-state index contributed by atoms with van der Waals surface area (Å²) in [5, 5.41) is 7.58. The number of carbonyl (C=O) groups excluding carboxylic acids is 1. The van der Waals surface area contributed by atoms with E-state index < -0.39 is 0 Å². The lowest BCUT2D eigenvalue weighted by Crippen LogP contribution is -2.25. The van der Waals surface area contributed by atoms with Crippen LogP contribution in [0.1, 0.15) is 20.9 Å². The van der Waals surface area contributed by atoms with Gasteiger partial charge in [0.1, 0.15) is 9.71 Å². The monoisotopic (exact) mass is 374 g/mol. The van der Waals surface area contributed by atoms with Gasteiger partial charge in [0.15, 0.2) is 0 Å². The SMILES string of the molecule is CNc1c(C(=O)NCCc2ccc(N)c(Cl)c2)sc2nc(C)ccc12. The Morgan fingerprint density at radius 2 is 2.12 bits per heavy atom. The van der Waals surface area contributed by atoms with Crippen molar-refractivity contribution in [3.05, 3.63) is 51.5 Å². The number of hydrogen-bond acceptors (Lipinski definition) is 5. The number of nitrogens with two attached hydrogens (primary N) is 1. The van der Waals surface area contributed by atoms with Crippen molar-refractivity contribution in [2.75, 3.05) is 24.6 Å². The Morgan fingerprint density at radius 1 is 1.32 bits per heavy atom. The maximum Gasteiger partial charge on any atom is 0.263 e. The molecule has 0 fully saturated rings. The number of nitrogens with one attached hydrogen (secondary N) is 2. The van der Waals surface area contributed by atoms with Crippen LogP contribution in [0.3, 0.4) is 0 Å². The predicted octanol–water partition coefficient (Wildman–Crippen LogP) is 3.85. The highest BCUT2D eigenvalue weighted by Crippen LogP contribution is 2.34. The van der Waals surface area contributed by atoms with Gasteiger partial charge in [-0.2, -0.15) is 0 Å². The van der Waals surface area contributed by atoms with E-state index in [0.29, 0.717) is 28.6 Å². The van der Waals surface area contributed by atoms with Gasteiger partial charge in [-0.3, -0.25) is 4.79 Å². The molecular formula is C18H19ClN4OS. The summed E-state index contributed by atoms with van der Waals surface area (Å²) in [4.78, 5) is 18.6. The number of thiophene rings is 1. The van der Waals surface area contributed by atoms with Crippen molar-refractivity contribution in [2.45, 2.75) is 13.3 Å². The van der Waals surface area contributed by atoms with Crippen molar-refractivity contribution < 1.29 is 4.79 Å². The second-order valence-electron chi connectivity index (χ2n) is 5.72. The van der Waals surface area contributed by atoms with Gasteiger partial charge in [0.25, 0.3) is 5.91 Å². The molecule has 0 unspecified atom stereocenters. The second kappa shape index (κ2) is 7.29. The number of fused-ring (bicyclic) bond motifs is 1. The Balaban J connectivity index is 1.72. The number of aryl methyl sites for hydroxylation is 1. The summed E-state index contributed by atoms with van der Waals surface area (Å²) in [5.74, 6) is -0.105. The van der Waals surface area contributed by atoms with Crippen molar-refractivity contribution in [1.82, 2.24) is 10.3 Å². The van der Waals surface area contributed by atoms with Gasteiger partial charge in [0.05, 0.1) is 16.4 Å². The molecule has 0 saturated heterocycles. The van der Waals surface area contributed by atoms with Crippen molar-refractivity contribution in [3.63, 3.8) is 0 Å². The van der Waals surface area contributed by atoms with Crippen LogP contribution in [0.15, 0.2) is 30.3 Å². The number of pyridine rings is 1. The zero-order chi connectivity index (χ0) is 18.0. The number of benzene rings is 1. The molecule has 0 aliphatic rings. The molecule has 1 aromatic carbocycles. The molecule has 0 aliphatic carbocycles. The van der Waals surface area contributed by atoms with Crippen LogP contribution in [0.25, 0.3) is 10.2 Å². The van der Waals surface area contributed by atoms with Gasteiger partial charge >= 0.3 is 0 Å². The lowest BCUT2D eigenvalue weighted by Gasteiger charge is -2.07. The average Bonchev–Trinajstić information content (AvgIpc) is 2.95. The Bertz CT molecular complexity index is 938. The molecule has 0 bridgehead atoms. The maximum atomic E-state index is 12.6. The van der Waals surface area contributed by atoms with E-state index in [0.717, 1.165) is 27.2 Å². The number of hydrogen-bond donors (Lipinski definition) is 3. The fourth-order valence-electron chi connectivity index (χ4n) is 2.61. The normalized spacial score (nSPS) is 10.8. The Kier molecular flexibility index (Phi) is 5.11. The first-order chi connectivity index (χ1) is 12.0. The number of nitrogen functional groups attached to an aromatic ring is 1. The van der Waals surface area contributed by atoms with Crippen LogP contribution in [-0.4, -0.2) is 24.5 Å². The summed E-state index contributed by atoms with van der Waals surface area (Å²) in [5.41, 5.74) is 9.05. The van der Waals surface area contributed by atoms with Crippen LogP contribution in [0.5, 0.6) is 0 Å².